The zero-order valence-electron chi connectivity index (χ0n) is 14.3. The van der Waals surface area contributed by atoms with Crippen molar-refractivity contribution in [2.75, 3.05) is 13.1 Å². The van der Waals surface area contributed by atoms with E-state index in [2.05, 4.69) is 19.7 Å². The van der Waals surface area contributed by atoms with Gasteiger partial charge in [-0.3, -0.25) is 9.36 Å². The fraction of sp³-hybridized carbons (Fsp3) is 0.333. The topological polar surface area (TPSA) is 68.8 Å². The number of imidazole rings is 1. The maximum atomic E-state index is 12.9. The van der Waals surface area contributed by atoms with E-state index < -0.39 is 0 Å². The summed E-state index contributed by atoms with van der Waals surface area (Å²) < 4.78 is 3.86. The van der Waals surface area contributed by atoms with E-state index in [4.69, 9.17) is 0 Å². The molecule has 7 nitrogen and oxygen atoms in total. The molecule has 4 rings (SSSR count). The molecule has 1 amide bonds. The first-order chi connectivity index (χ1) is 12.1. The summed E-state index contributed by atoms with van der Waals surface area (Å²) in [6.45, 7) is 3.46. The predicted molar refractivity (Wildman–Crippen MR) is 92.6 cm³/mol. The van der Waals surface area contributed by atoms with Gasteiger partial charge in [-0.25, -0.2) is 4.98 Å². The smallest absolute Gasteiger partial charge is 0.253 e. The minimum atomic E-state index is 0.0587. The molecule has 1 aromatic carbocycles. The van der Waals surface area contributed by atoms with Crippen molar-refractivity contribution >= 4 is 5.91 Å². The van der Waals surface area contributed by atoms with E-state index in [-0.39, 0.29) is 5.91 Å². The third-order valence-electron chi connectivity index (χ3n) is 4.68. The summed E-state index contributed by atoms with van der Waals surface area (Å²) in [5.41, 5.74) is 2.58. The molecule has 0 unspecified atom stereocenters. The van der Waals surface area contributed by atoms with Crippen LogP contribution < -0.4 is 0 Å². The molecule has 0 aliphatic carbocycles. The summed E-state index contributed by atoms with van der Waals surface area (Å²) in [4.78, 5) is 19.4. The number of hydrogen-bond acceptors (Lipinski definition) is 4. The fourth-order valence-corrected chi connectivity index (χ4v) is 3.49. The van der Waals surface area contributed by atoms with Crippen LogP contribution in [0.25, 0.3) is 5.69 Å². The largest absolute Gasteiger partial charge is 0.338 e. The van der Waals surface area contributed by atoms with Gasteiger partial charge in [-0.15, -0.1) is 10.2 Å². The van der Waals surface area contributed by atoms with Gasteiger partial charge in [0.1, 0.15) is 18.5 Å². The number of aryl methyl sites for hydroxylation is 2. The van der Waals surface area contributed by atoms with Crippen LogP contribution in [-0.4, -0.2) is 48.2 Å². The van der Waals surface area contributed by atoms with E-state index in [9.17, 15) is 4.79 Å². The molecule has 3 heterocycles. The van der Waals surface area contributed by atoms with Gasteiger partial charge in [-0.2, -0.15) is 0 Å². The van der Waals surface area contributed by atoms with Crippen LogP contribution in [0.3, 0.4) is 0 Å². The highest BCUT2D eigenvalue weighted by Crippen LogP contribution is 2.27. The lowest BCUT2D eigenvalue weighted by Crippen LogP contribution is -2.28. The van der Waals surface area contributed by atoms with Crippen LogP contribution in [0.15, 0.2) is 43.1 Å². The van der Waals surface area contributed by atoms with Gasteiger partial charge < -0.3 is 9.47 Å². The van der Waals surface area contributed by atoms with Crippen molar-refractivity contribution in [2.45, 2.75) is 19.3 Å². The Kier molecular flexibility index (Phi) is 3.83. The van der Waals surface area contributed by atoms with Crippen molar-refractivity contribution in [1.29, 1.82) is 0 Å². The van der Waals surface area contributed by atoms with Crippen LogP contribution in [0.1, 0.15) is 34.2 Å². The van der Waals surface area contributed by atoms with Crippen LogP contribution in [0.2, 0.25) is 0 Å². The number of rotatable bonds is 3. The number of benzene rings is 1. The van der Waals surface area contributed by atoms with E-state index in [1.807, 2.05) is 49.3 Å². The maximum Gasteiger partial charge on any atom is 0.253 e. The monoisotopic (exact) mass is 336 g/mol. The van der Waals surface area contributed by atoms with Crippen LogP contribution in [0.4, 0.5) is 0 Å². The summed E-state index contributed by atoms with van der Waals surface area (Å²) in [7, 11) is 2.02. The third-order valence-corrected chi connectivity index (χ3v) is 4.68. The van der Waals surface area contributed by atoms with E-state index in [0.29, 0.717) is 18.0 Å². The number of nitrogens with zero attached hydrogens (tertiary/aromatic N) is 6. The molecule has 25 heavy (non-hydrogen) atoms. The molecule has 2 aromatic heterocycles. The second-order valence-electron chi connectivity index (χ2n) is 6.51. The number of amides is 1. The third kappa shape index (κ3) is 2.93. The number of hydrogen-bond donors (Lipinski definition) is 0. The molecule has 1 aliphatic rings. The predicted octanol–water partition coefficient (Wildman–Crippen LogP) is 1.94. The lowest BCUT2D eigenvalue weighted by atomic mass is 10.1. The lowest BCUT2D eigenvalue weighted by molar-refractivity contribution is 0.0790. The second-order valence-corrected chi connectivity index (χ2v) is 6.51. The number of aromatic nitrogens is 5. The molecule has 1 atom stereocenters. The first-order valence-corrected chi connectivity index (χ1v) is 8.36. The van der Waals surface area contributed by atoms with Crippen LogP contribution in [0.5, 0.6) is 0 Å². The Morgan fingerprint density at radius 3 is 2.76 bits per heavy atom. The second kappa shape index (κ2) is 6.16. The van der Waals surface area contributed by atoms with E-state index in [0.717, 1.165) is 30.2 Å². The van der Waals surface area contributed by atoms with Crippen molar-refractivity contribution in [3.05, 3.63) is 60.2 Å². The molecule has 0 bridgehead atoms. The van der Waals surface area contributed by atoms with Crippen LogP contribution in [0, 0.1) is 6.92 Å². The van der Waals surface area contributed by atoms with E-state index >= 15 is 0 Å². The van der Waals surface area contributed by atoms with Crippen molar-refractivity contribution in [2.24, 2.45) is 7.05 Å². The highest BCUT2D eigenvalue weighted by molar-refractivity contribution is 5.95. The summed E-state index contributed by atoms with van der Waals surface area (Å²) >= 11 is 0. The van der Waals surface area contributed by atoms with Gasteiger partial charge in [-0.05, 0) is 31.5 Å². The number of carbonyl (C=O) groups excluding carboxylic acids is 1. The molecule has 128 valence electrons. The Labute approximate surface area is 145 Å². The van der Waals surface area contributed by atoms with Crippen molar-refractivity contribution in [3.8, 4) is 5.69 Å². The Bertz CT molecular complexity index is 898. The minimum Gasteiger partial charge on any atom is -0.338 e. The molecule has 3 aromatic rings. The number of likely N-dealkylation sites (tertiary alicyclic amines) is 1. The highest BCUT2D eigenvalue weighted by Gasteiger charge is 2.30. The zero-order valence-corrected chi connectivity index (χ0v) is 14.3. The Hall–Kier alpha value is -2.96. The zero-order chi connectivity index (χ0) is 17.4. The van der Waals surface area contributed by atoms with Crippen molar-refractivity contribution in [3.63, 3.8) is 0 Å². The van der Waals surface area contributed by atoms with Gasteiger partial charge >= 0.3 is 0 Å². The van der Waals surface area contributed by atoms with Crippen molar-refractivity contribution < 1.29 is 4.79 Å². The Morgan fingerprint density at radius 1 is 1.24 bits per heavy atom. The number of carbonyl (C=O) groups is 1. The molecular weight excluding hydrogens is 316 g/mol. The summed E-state index contributed by atoms with van der Waals surface area (Å²) in [5.74, 6) is 1.41. The molecule has 0 N–H and O–H groups in total. The van der Waals surface area contributed by atoms with Gasteiger partial charge in [0.2, 0.25) is 0 Å². The quantitative estimate of drug-likeness (QED) is 0.733. The molecule has 1 aliphatic heterocycles. The lowest BCUT2D eigenvalue weighted by Gasteiger charge is -2.17. The van der Waals surface area contributed by atoms with Gasteiger partial charge in [0.25, 0.3) is 5.91 Å². The van der Waals surface area contributed by atoms with Crippen LogP contribution >= 0.6 is 0 Å². The summed E-state index contributed by atoms with van der Waals surface area (Å²) in [6, 6.07) is 7.56. The highest BCUT2D eigenvalue weighted by atomic mass is 16.2. The first kappa shape index (κ1) is 15.6. The van der Waals surface area contributed by atoms with Gasteiger partial charge in [0.15, 0.2) is 0 Å². The minimum absolute atomic E-state index is 0.0587. The van der Waals surface area contributed by atoms with Crippen molar-refractivity contribution in [1.82, 2.24) is 29.2 Å². The van der Waals surface area contributed by atoms with E-state index in [1.54, 1.807) is 17.2 Å². The van der Waals surface area contributed by atoms with Crippen LogP contribution in [-0.2, 0) is 7.05 Å². The molecule has 0 radical (unpaired) electrons. The molecule has 1 fully saturated rings. The van der Waals surface area contributed by atoms with Gasteiger partial charge in [0, 0.05) is 43.5 Å². The van der Waals surface area contributed by atoms with Gasteiger partial charge in [-0.1, -0.05) is 6.07 Å². The average molecular weight is 336 g/mol. The standard InChI is InChI=1S/C18H20N6O/c1-13-9-22(2)17(21-13)15-6-7-23(10-15)18(25)14-4-3-5-16(8-14)24-11-19-20-12-24/h3-5,8-9,11-12,15H,6-7,10H2,1-2H3/t15-/m1/s1. The van der Waals surface area contributed by atoms with E-state index in [1.165, 1.54) is 0 Å². The first-order valence-electron chi connectivity index (χ1n) is 8.36. The molecule has 7 heteroatoms. The molecular formula is C18H20N6O. The average Bonchev–Trinajstić information content (AvgIpc) is 3.35. The molecule has 1 saturated heterocycles. The summed E-state index contributed by atoms with van der Waals surface area (Å²) in [5, 5.41) is 7.63. The Morgan fingerprint density at radius 2 is 2.04 bits per heavy atom. The van der Waals surface area contributed by atoms with Gasteiger partial charge in [0.05, 0.1) is 5.69 Å². The SMILES string of the molecule is Cc1cn(C)c([C@@H]2CCN(C(=O)c3cccc(-n4cnnc4)c3)C2)n1. The maximum absolute atomic E-state index is 12.9. The summed E-state index contributed by atoms with van der Waals surface area (Å²) in [6.07, 6.45) is 6.22. The fourth-order valence-electron chi connectivity index (χ4n) is 3.49. The Balaban J connectivity index is 1.52. The molecule has 0 spiro atoms. The molecule has 0 saturated carbocycles. The normalized spacial score (nSPS) is 17.2.